The molecule has 0 amide bonds. The molecule has 0 aliphatic carbocycles. The Labute approximate surface area is 154 Å². The molecule has 0 radical (unpaired) electrons. The summed E-state index contributed by atoms with van der Waals surface area (Å²) in [5.74, 6) is -0.0748. The molecule has 122 valence electrons. The predicted octanol–water partition coefficient (Wildman–Crippen LogP) is 1.87. The van der Waals surface area contributed by atoms with Crippen LogP contribution in [-0.2, 0) is 10.1 Å². The molecule has 0 saturated carbocycles. The molecule has 0 spiro atoms. The molecule has 1 atom stereocenters. The minimum Gasteiger partial charge on any atom is -0.748 e. The van der Waals surface area contributed by atoms with Crippen LogP contribution in [0, 0.1) is 5.92 Å². The fraction of sp³-hybridized carbons (Fsp3) is 1.00. The van der Waals surface area contributed by atoms with E-state index in [9.17, 15) is 13.0 Å². The van der Waals surface area contributed by atoms with Crippen molar-refractivity contribution in [3.8, 4) is 0 Å². The van der Waals surface area contributed by atoms with Crippen molar-refractivity contribution in [1.82, 2.24) is 0 Å². The maximum absolute atomic E-state index is 10.9. The molecule has 0 fully saturated rings. The zero-order chi connectivity index (χ0) is 15.3. The molecule has 0 aromatic carbocycles. The number of hydrogen-bond donors (Lipinski definition) is 0. The van der Waals surface area contributed by atoms with Gasteiger partial charge in [-0.2, -0.15) is 0 Å². The Morgan fingerprint density at radius 3 is 1.57 bits per heavy atom. The number of unbranched alkanes of at least 4 members (excludes halogenated alkanes) is 8. The number of hydrogen-bond acceptors (Lipinski definition) is 3. The standard InChI is InChI=1S/C16H34O3S.Na/c1-3-5-7-9-10-12-14-16(15-20(17,18)19)13-11-8-6-4-2;/h16H,3-15H2,1-2H3,(H,17,18,19);/q;+1/p-1. The largest absolute Gasteiger partial charge is 1.00 e. The first-order valence-corrected chi connectivity index (χ1v) is 10.0. The van der Waals surface area contributed by atoms with Gasteiger partial charge in [-0.1, -0.05) is 78.1 Å². The van der Waals surface area contributed by atoms with Crippen molar-refractivity contribution in [3.05, 3.63) is 0 Å². The van der Waals surface area contributed by atoms with Gasteiger partial charge in [0.1, 0.15) is 0 Å². The van der Waals surface area contributed by atoms with Gasteiger partial charge in [0.2, 0.25) is 0 Å². The first-order chi connectivity index (χ1) is 9.49. The summed E-state index contributed by atoms with van der Waals surface area (Å²) in [5, 5.41) is 0. The van der Waals surface area contributed by atoms with Crippen molar-refractivity contribution >= 4 is 10.1 Å². The van der Waals surface area contributed by atoms with Crippen molar-refractivity contribution in [2.75, 3.05) is 5.75 Å². The molecule has 21 heavy (non-hydrogen) atoms. The zero-order valence-corrected chi connectivity index (χ0v) is 17.2. The second-order valence-corrected chi connectivity index (χ2v) is 7.44. The molecule has 5 heteroatoms. The van der Waals surface area contributed by atoms with E-state index in [1.807, 2.05) is 0 Å². The third-order valence-corrected chi connectivity index (χ3v) is 4.75. The minimum atomic E-state index is -4.07. The molecule has 0 aromatic rings. The molecule has 0 aromatic heterocycles. The van der Waals surface area contributed by atoms with Crippen LogP contribution < -0.4 is 29.6 Å². The van der Waals surface area contributed by atoms with E-state index < -0.39 is 10.1 Å². The molecule has 0 saturated heterocycles. The van der Waals surface area contributed by atoms with E-state index in [1.165, 1.54) is 44.9 Å². The van der Waals surface area contributed by atoms with Crippen LogP contribution in [0.3, 0.4) is 0 Å². The Morgan fingerprint density at radius 2 is 1.14 bits per heavy atom. The SMILES string of the molecule is CCCCCCCCC(CCCCCC)CS(=O)(=O)[O-].[Na+]. The summed E-state index contributed by atoms with van der Waals surface area (Å²) < 4.78 is 32.8. The predicted molar refractivity (Wildman–Crippen MR) is 84.8 cm³/mol. The first kappa shape index (κ1) is 24.2. The second kappa shape index (κ2) is 15.8. The average Bonchev–Trinajstić information content (AvgIpc) is 2.36. The molecule has 0 heterocycles. The van der Waals surface area contributed by atoms with E-state index in [-0.39, 0.29) is 41.2 Å². The summed E-state index contributed by atoms with van der Waals surface area (Å²) in [7, 11) is -4.07. The van der Waals surface area contributed by atoms with Gasteiger partial charge in [0.15, 0.2) is 0 Å². The van der Waals surface area contributed by atoms with Gasteiger partial charge in [-0.15, -0.1) is 0 Å². The summed E-state index contributed by atoms with van der Waals surface area (Å²) in [6.07, 6.45) is 13.7. The van der Waals surface area contributed by atoms with Crippen molar-refractivity contribution in [2.24, 2.45) is 5.92 Å². The Morgan fingerprint density at radius 1 is 0.762 bits per heavy atom. The van der Waals surface area contributed by atoms with Crippen LogP contribution >= 0.6 is 0 Å². The van der Waals surface area contributed by atoms with Crippen molar-refractivity contribution in [1.29, 1.82) is 0 Å². The molecular formula is C16H33NaO3S. The first-order valence-electron chi connectivity index (χ1n) is 8.43. The fourth-order valence-corrected chi connectivity index (χ4v) is 3.58. The minimum absolute atomic E-state index is 0. The Hall–Kier alpha value is 0.910. The Bertz CT molecular complexity index is 305. The van der Waals surface area contributed by atoms with Crippen molar-refractivity contribution in [3.63, 3.8) is 0 Å². The van der Waals surface area contributed by atoms with E-state index in [0.717, 1.165) is 32.1 Å². The van der Waals surface area contributed by atoms with E-state index in [2.05, 4.69) is 13.8 Å². The molecular weight excluding hydrogens is 295 g/mol. The van der Waals surface area contributed by atoms with Gasteiger partial charge in [-0.05, 0) is 18.8 Å². The van der Waals surface area contributed by atoms with Crippen molar-refractivity contribution in [2.45, 2.75) is 90.9 Å². The summed E-state index contributed by atoms with van der Waals surface area (Å²) in [6.45, 7) is 4.36. The summed E-state index contributed by atoms with van der Waals surface area (Å²) in [6, 6.07) is 0. The smallest absolute Gasteiger partial charge is 0.748 e. The van der Waals surface area contributed by atoms with Crippen LogP contribution in [0.1, 0.15) is 90.9 Å². The van der Waals surface area contributed by atoms with Gasteiger partial charge >= 0.3 is 29.6 Å². The maximum atomic E-state index is 10.9. The van der Waals surface area contributed by atoms with Crippen LogP contribution in [-0.4, -0.2) is 18.7 Å². The average molecular weight is 328 g/mol. The molecule has 0 bridgehead atoms. The summed E-state index contributed by atoms with van der Waals surface area (Å²) in [5.41, 5.74) is 0. The zero-order valence-electron chi connectivity index (χ0n) is 14.4. The quantitative estimate of drug-likeness (QED) is 0.278. The van der Waals surface area contributed by atoms with Gasteiger partial charge in [-0.25, -0.2) is 8.42 Å². The normalized spacial score (nSPS) is 12.9. The van der Waals surface area contributed by atoms with Crippen LogP contribution in [0.4, 0.5) is 0 Å². The molecule has 3 nitrogen and oxygen atoms in total. The van der Waals surface area contributed by atoms with Crippen molar-refractivity contribution < 1.29 is 42.5 Å². The topological polar surface area (TPSA) is 57.2 Å². The maximum Gasteiger partial charge on any atom is 1.00 e. The van der Waals surface area contributed by atoms with Gasteiger partial charge in [0.25, 0.3) is 0 Å². The Balaban J connectivity index is 0. The van der Waals surface area contributed by atoms with E-state index in [4.69, 9.17) is 0 Å². The molecule has 0 N–H and O–H groups in total. The monoisotopic (exact) mass is 328 g/mol. The second-order valence-electron chi connectivity index (χ2n) is 6.00. The van der Waals surface area contributed by atoms with Crippen LogP contribution in [0.25, 0.3) is 0 Å². The van der Waals surface area contributed by atoms with Gasteiger partial charge in [-0.3, -0.25) is 0 Å². The van der Waals surface area contributed by atoms with Crippen LogP contribution in [0.15, 0.2) is 0 Å². The van der Waals surface area contributed by atoms with Gasteiger partial charge in [0, 0.05) is 5.75 Å². The van der Waals surface area contributed by atoms with E-state index in [1.54, 1.807) is 0 Å². The number of rotatable bonds is 14. The van der Waals surface area contributed by atoms with E-state index >= 15 is 0 Å². The third kappa shape index (κ3) is 18.9. The summed E-state index contributed by atoms with van der Waals surface area (Å²) >= 11 is 0. The summed E-state index contributed by atoms with van der Waals surface area (Å²) in [4.78, 5) is 0. The third-order valence-electron chi connectivity index (χ3n) is 3.87. The molecule has 1 unspecified atom stereocenters. The van der Waals surface area contributed by atoms with Crippen LogP contribution in [0.5, 0.6) is 0 Å². The van der Waals surface area contributed by atoms with Gasteiger partial charge < -0.3 is 4.55 Å². The van der Waals surface area contributed by atoms with Crippen LogP contribution in [0.2, 0.25) is 0 Å². The molecule has 0 aliphatic heterocycles. The Kier molecular flexibility index (Phi) is 18.2. The fourth-order valence-electron chi connectivity index (χ4n) is 2.67. The van der Waals surface area contributed by atoms with E-state index in [0.29, 0.717) is 0 Å². The van der Waals surface area contributed by atoms with Gasteiger partial charge in [0.05, 0.1) is 10.1 Å². The molecule has 0 aliphatic rings. The molecule has 0 rings (SSSR count).